The molecule has 1 heterocycles. The second-order valence-electron chi connectivity index (χ2n) is 4.45. The fourth-order valence-electron chi connectivity index (χ4n) is 1.56. The molecule has 0 aromatic carbocycles. The van der Waals surface area contributed by atoms with Gasteiger partial charge in [-0.3, -0.25) is 4.90 Å². The fraction of sp³-hybridized carbons (Fsp3) is 1.00. The van der Waals surface area contributed by atoms with Crippen LogP contribution in [0.4, 0.5) is 0 Å². The molecule has 0 amide bonds. The van der Waals surface area contributed by atoms with Crippen molar-refractivity contribution in [3.8, 4) is 0 Å². The summed E-state index contributed by atoms with van der Waals surface area (Å²) in [7, 11) is 0. The molecule has 1 saturated heterocycles. The number of aliphatic hydroxyl groups is 1. The van der Waals surface area contributed by atoms with E-state index in [4.69, 9.17) is 5.11 Å². The molecule has 0 unspecified atom stereocenters. The Morgan fingerprint density at radius 2 is 2.17 bits per heavy atom. The van der Waals surface area contributed by atoms with Crippen molar-refractivity contribution in [3.63, 3.8) is 0 Å². The van der Waals surface area contributed by atoms with E-state index in [1.807, 2.05) is 0 Å². The van der Waals surface area contributed by atoms with Crippen LogP contribution in [0.25, 0.3) is 0 Å². The quantitative estimate of drug-likeness (QED) is 0.587. The summed E-state index contributed by atoms with van der Waals surface area (Å²) in [6, 6.07) is 0.262. The highest BCUT2D eigenvalue weighted by atomic mass is 16.3. The molecule has 3 nitrogen and oxygen atoms in total. The Labute approximate surface area is 74.8 Å². The maximum absolute atomic E-state index is 8.99. The zero-order valence-electron chi connectivity index (χ0n) is 8.30. The fourth-order valence-corrected chi connectivity index (χ4v) is 1.56. The zero-order valence-corrected chi connectivity index (χ0v) is 8.30. The summed E-state index contributed by atoms with van der Waals surface area (Å²) >= 11 is 0. The summed E-state index contributed by atoms with van der Waals surface area (Å²) in [5.74, 6) is 0. The van der Waals surface area contributed by atoms with Crippen LogP contribution in [0, 0.1) is 0 Å². The first-order valence-electron chi connectivity index (χ1n) is 4.63. The van der Waals surface area contributed by atoms with Crippen LogP contribution < -0.4 is 5.32 Å². The number of rotatable bonds is 1. The molecule has 12 heavy (non-hydrogen) atoms. The van der Waals surface area contributed by atoms with E-state index in [-0.39, 0.29) is 18.2 Å². The van der Waals surface area contributed by atoms with E-state index in [2.05, 4.69) is 31.0 Å². The van der Waals surface area contributed by atoms with Gasteiger partial charge in [0, 0.05) is 31.2 Å². The summed E-state index contributed by atoms with van der Waals surface area (Å²) in [4.78, 5) is 2.41. The Morgan fingerprint density at radius 3 is 2.67 bits per heavy atom. The van der Waals surface area contributed by atoms with Crippen LogP contribution in [0.3, 0.4) is 0 Å². The summed E-state index contributed by atoms with van der Waals surface area (Å²) < 4.78 is 0. The van der Waals surface area contributed by atoms with Crippen LogP contribution in [-0.4, -0.2) is 47.8 Å². The standard InChI is InChI=1S/C9H20N2O/c1-9(2,3)11-5-4-10-8(6-11)7-12/h8,10,12H,4-7H2,1-3H3/t8-/m1/s1. The van der Waals surface area contributed by atoms with Gasteiger partial charge in [-0.2, -0.15) is 0 Å². The Balaban J connectivity index is 2.46. The maximum Gasteiger partial charge on any atom is 0.0597 e. The lowest BCUT2D eigenvalue weighted by Crippen LogP contribution is -2.57. The van der Waals surface area contributed by atoms with Gasteiger partial charge >= 0.3 is 0 Å². The van der Waals surface area contributed by atoms with Gasteiger partial charge in [0.15, 0.2) is 0 Å². The predicted molar refractivity (Wildman–Crippen MR) is 50.2 cm³/mol. The highest BCUT2D eigenvalue weighted by Crippen LogP contribution is 2.14. The van der Waals surface area contributed by atoms with E-state index < -0.39 is 0 Å². The summed E-state index contributed by atoms with van der Waals surface area (Å²) in [5, 5.41) is 12.3. The van der Waals surface area contributed by atoms with E-state index in [9.17, 15) is 0 Å². The van der Waals surface area contributed by atoms with E-state index in [0.29, 0.717) is 0 Å². The summed E-state index contributed by atoms with van der Waals surface area (Å²) in [6.07, 6.45) is 0. The van der Waals surface area contributed by atoms with Crippen molar-refractivity contribution < 1.29 is 5.11 Å². The number of nitrogens with zero attached hydrogens (tertiary/aromatic N) is 1. The van der Waals surface area contributed by atoms with Crippen molar-refractivity contribution >= 4 is 0 Å². The van der Waals surface area contributed by atoms with Crippen LogP contribution in [0.15, 0.2) is 0 Å². The molecular weight excluding hydrogens is 152 g/mol. The van der Waals surface area contributed by atoms with Crippen molar-refractivity contribution in [2.24, 2.45) is 0 Å². The van der Waals surface area contributed by atoms with E-state index in [0.717, 1.165) is 19.6 Å². The number of aliphatic hydroxyl groups excluding tert-OH is 1. The third-order valence-electron chi connectivity index (χ3n) is 2.42. The zero-order chi connectivity index (χ0) is 9.19. The lowest BCUT2D eigenvalue weighted by Gasteiger charge is -2.41. The van der Waals surface area contributed by atoms with Gasteiger partial charge in [-0.25, -0.2) is 0 Å². The van der Waals surface area contributed by atoms with Crippen LogP contribution in [0.5, 0.6) is 0 Å². The molecule has 1 atom stereocenters. The van der Waals surface area contributed by atoms with Gasteiger partial charge in [-0.15, -0.1) is 0 Å². The highest BCUT2D eigenvalue weighted by Gasteiger charge is 2.26. The SMILES string of the molecule is CC(C)(C)N1CCN[C@@H](CO)C1. The second-order valence-corrected chi connectivity index (χ2v) is 4.45. The topological polar surface area (TPSA) is 35.5 Å². The first kappa shape index (κ1) is 9.96. The third kappa shape index (κ3) is 2.44. The average Bonchev–Trinajstić information content (AvgIpc) is 2.03. The molecular formula is C9H20N2O. The molecule has 0 aromatic heterocycles. The molecule has 0 aromatic rings. The maximum atomic E-state index is 8.99. The molecule has 0 bridgehead atoms. The Hall–Kier alpha value is -0.120. The minimum atomic E-state index is 0.232. The average molecular weight is 172 g/mol. The van der Waals surface area contributed by atoms with Crippen molar-refractivity contribution in [1.82, 2.24) is 10.2 Å². The van der Waals surface area contributed by atoms with E-state index in [1.165, 1.54) is 0 Å². The normalized spacial score (nSPS) is 27.5. The van der Waals surface area contributed by atoms with E-state index >= 15 is 0 Å². The number of hydrogen-bond acceptors (Lipinski definition) is 3. The molecule has 2 N–H and O–H groups in total. The molecule has 0 saturated carbocycles. The molecule has 0 radical (unpaired) electrons. The molecule has 3 heteroatoms. The molecule has 0 aliphatic carbocycles. The van der Waals surface area contributed by atoms with Gasteiger partial charge in [0.2, 0.25) is 0 Å². The lowest BCUT2D eigenvalue weighted by atomic mass is 10.0. The number of nitrogens with one attached hydrogen (secondary N) is 1. The largest absolute Gasteiger partial charge is 0.395 e. The predicted octanol–water partition coefficient (Wildman–Crippen LogP) is 0.0510. The van der Waals surface area contributed by atoms with Gasteiger partial charge in [0.1, 0.15) is 0 Å². The van der Waals surface area contributed by atoms with Gasteiger partial charge in [0.25, 0.3) is 0 Å². The van der Waals surface area contributed by atoms with Crippen molar-refractivity contribution in [1.29, 1.82) is 0 Å². The van der Waals surface area contributed by atoms with Crippen molar-refractivity contribution in [3.05, 3.63) is 0 Å². The first-order chi connectivity index (χ1) is 5.54. The third-order valence-corrected chi connectivity index (χ3v) is 2.42. The molecule has 0 spiro atoms. The van der Waals surface area contributed by atoms with Gasteiger partial charge in [0.05, 0.1) is 6.61 Å². The van der Waals surface area contributed by atoms with Gasteiger partial charge in [-0.05, 0) is 20.8 Å². The minimum absolute atomic E-state index is 0.232. The highest BCUT2D eigenvalue weighted by molar-refractivity contribution is 4.85. The number of piperazine rings is 1. The van der Waals surface area contributed by atoms with Crippen molar-refractivity contribution in [2.45, 2.75) is 32.4 Å². The Kier molecular flexibility index (Phi) is 3.09. The molecule has 1 rings (SSSR count). The molecule has 1 aliphatic heterocycles. The summed E-state index contributed by atoms with van der Waals surface area (Å²) in [5.41, 5.74) is 0.232. The second kappa shape index (κ2) is 3.73. The van der Waals surface area contributed by atoms with Crippen LogP contribution in [-0.2, 0) is 0 Å². The Morgan fingerprint density at radius 1 is 1.50 bits per heavy atom. The minimum Gasteiger partial charge on any atom is -0.395 e. The molecule has 72 valence electrons. The van der Waals surface area contributed by atoms with Crippen LogP contribution >= 0.6 is 0 Å². The smallest absolute Gasteiger partial charge is 0.0597 e. The summed E-state index contributed by atoms with van der Waals surface area (Å²) in [6.45, 7) is 9.92. The van der Waals surface area contributed by atoms with Crippen molar-refractivity contribution in [2.75, 3.05) is 26.2 Å². The van der Waals surface area contributed by atoms with E-state index in [1.54, 1.807) is 0 Å². The van der Waals surface area contributed by atoms with Gasteiger partial charge < -0.3 is 10.4 Å². The Bertz CT molecular complexity index is 142. The van der Waals surface area contributed by atoms with Gasteiger partial charge in [-0.1, -0.05) is 0 Å². The van der Waals surface area contributed by atoms with Crippen LogP contribution in [0.1, 0.15) is 20.8 Å². The first-order valence-corrected chi connectivity index (χ1v) is 4.63. The lowest BCUT2D eigenvalue weighted by molar-refractivity contribution is 0.0764. The molecule has 1 aliphatic rings. The number of hydrogen-bond donors (Lipinski definition) is 2. The molecule has 1 fully saturated rings. The van der Waals surface area contributed by atoms with Crippen LogP contribution in [0.2, 0.25) is 0 Å². The monoisotopic (exact) mass is 172 g/mol.